The number of hydrogen-bond acceptors (Lipinski definition) is 5. The molecule has 1 N–H and O–H groups in total. The largest absolute Gasteiger partial charge is 0.383 e. The van der Waals surface area contributed by atoms with E-state index in [1.165, 1.54) is 18.1 Å². The van der Waals surface area contributed by atoms with Gasteiger partial charge >= 0.3 is 0 Å². The number of methoxy groups -OCH3 is 1. The van der Waals surface area contributed by atoms with E-state index in [-0.39, 0.29) is 0 Å². The minimum atomic E-state index is 0.749. The maximum absolute atomic E-state index is 5.01. The first-order chi connectivity index (χ1) is 9.20. The number of nitrogens with one attached hydrogen (secondary N) is 1. The van der Waals surface area contributed by atoms with E-state index in [1.54, 1.807) is 18.4 Å². The Kier molecular flexibility index (Phi) is 5.60. The van der Waals surface area contributed by atoms with Crippen molar-refractivity contribution in [1.29, 1.82) is 0 Å². The summed E-state index contributed by atoms with van der Waals surface area (Å²) in [7, 11) is 1.72. The highest BCUT2D eigenvalue weighted by Crippen LogP contribution is 2.30. The predicted molar refractivity (Wildman–Crippen MR) is 80.9 cm³/mol. The van der Waals surface area contributed by atoms with Crippen LogP contribution in [0.2, 0.25) is 0 Å². The van der Waals surface area contributed by atoms with E-state index in [0.717, 1.165) is 43.8 Å². The van der Waals surface area contributed by atoms with Gasteiger partial charge in [-0.3, -0.25) is 0 Å². The topological polar surface area (TPSA) is 37.4 Å². The standard InChI is InChI=1S/C14H25N3OS/c1-11(2)12-4-6-17(9-12)14-16-13(10-19-14)8-15-5-7-18-3/h10-12,15H,4-9H2,1-3H3. The van der Waals surface area contributed by atoms with E-state index < -0.39 is 0 Å². The van der Waals surface area contributed by atoms with Crippen LogP contribution in [0.3, 0.4) is 0 Å². The molecule has 4 nitrogen and oxygen atoms in total. The van der Waals surface area contributed by atoms with E-state index in [0.29, 0.717) is 0 Å². The van der Waals surface area contributed by atoms with E-state index >= 15 is 0 Å². The molecule has 1 aliphatic rings. The SMILES string of the molecule is COCCNCc1csc(N2CCC(C(C)C)C2)n1. The fourth-order valence-corrected chi connectivity index (χ4v) is 3.28. The number of rotatable bonds is 7. The van der Waals surface area contributed by atoms with Gasteiger partial charge in [0.2, 0.25) is 0 Å². The van der Waals surface area contributed by atoms with Crippen molar-refractivity contribution in [3.63, 3.8) is 0 Å². The molecular formula is C14H25N3OS. The first-order valence-electron chi connectivity index (χ1n) is 7.09. The quantitative estimate of drug-likeness (QED) is 0.780. The van der Waals surface area contributed by atoms with Gasteiger partial charge < -0.3 is 15.0 Å². The maximum atomic E-state index is 5.01. The molecule has 0 radical (unpaired) electrons. The van der Waals surface area contributed by atoms with Crippen LogP contribution in [0.25, 0.3) is 0 Å². The zero-order valence-electron chi connectivity index (χ0n) is 12.2. The van der Waals surface area contributed by atoms with Crippen LogP contribution in [-0.2, 0) is 11.3 Å². The van der Waals surface area contributed by atoms with E-state index in [4.69, 9.17) is 9.72 Å². The molecule has 0 saturated carbocycles. The van der Waals surface area contributed by atoms with Crippen LogP contribution in [0.5, 0.6) is 0 Å². The van der Waals surface area contributed by atoms with Crippen molar-refractivity contribution in [3.05, 3.63) is 11.1 Å². The van der Waals surface area contributed by atoms with Gasteiger partial charge in [-0.1, -0.05) is 13.8 Å². The van der Waals surface area contributed by atoms with Crippen LogP contribution >= 0.6 is 11.3 Å². The molecule has 1 aromatic rings. The molecule has 108 valence electrons. The van der Waals surface area contributed by atoms with Crippen molar-refractivity contribution >= 4 is 16.5 Å². The predicted octanol–water partition coefficient (Wildman–Crippen LogP) is 2.36. The monoisotopic (exact) mass is 283 g/mol. The number of thiazole rings is 1. The summed E-state index contributed by atoms with van der Waals surface area (Å²) < 4.78 is 5.01. The molecule has 0 aliphatic carbocycles. The van der Waals surface area contributed by atoms with Crippen molar-refractivity contribution in [2.45, 2.75) is 26.8 Å². The molecule has 1 aliphatic heterocycles. The van der Waals surface area contributed by atoms with Crippen molar-refractivity contribution in [2.75, 3.05) is 38.3 Å². The second-order valence-corrected chi connectivity index (χ2v) is 6.37. The van der Waals surface area contributed by atoms with Gasteiger partial charge in [-0.25, -0.2) is 4.98 Å². The molecule has 0 amide bonds. The zero-order valence-corrected chi connectivity index (χ0v) is 13.0. The van der Waals surface area contributed by atoms with Crippen LogP contribution < -0.4 is 10.2 Å². The maximum Gasteiger partial charge on any atom is 0.185 e. The lowest BCUT2D eigenvalue weighted by atomic mass is 9.95. The summed E-state index contributed by atoms with van der Waals surface area (Å²) in [6, 6.07) is 0. The first-order valence-corrected chi connectivity index (χ1v) is 7.97. The number of nitrogens with zero attached hydrogens (tertiary/aromatic N) is 2. The Morgan fingerprint density at radius 3 is 3.11 bits per heavy atom. The lowest BCUT2D eigenvalue weighted by Gasteiger charge is -2.16. The summed E-state index contributed by atoms with van der Waals surface area (Å²) in [5.74, 6) is 1.60. The fourth-order valence-electron chi connectivity index (χ4n) is 2.42. The molecule has 0 aromatic carbocycles. The number of anilines is 1. The number of aromatic nitrogens is 1. The highest BCUT2D eigenvalue weighted by molar-refractivity contribution is 7.13. The average molecular weight is 283 g/mol. The van der Waals surface area contributed by atoms with Gasteiger partial charge in [0.25, 0.3) is 0 Å². The molecular weight excluding hydrogens is 258 g/mol. The van der Waals surface area contributed by atoms with E-state index in [9.17, 15) is 0 Å². The normalized spacial score (nSPS) is 19.6. The van der Waals surface area contributed by atoms with Crippen molar-refractivity contribution < 1.29 is 4.74 Å². The molecule has 1 fully saturated rings. The Labute approximate surface area is 120 Å². The highest BCUT2D eigenvalue weighted by atomic mass is 32.1. The Bertz CT molecular complexity index is 381. The van der Waals surface area contributed by atoms with Gasteiger partial charge in [-0.2, -0.15) is 0 Å². The van der Waals surface area contributed by atoms with Crippen LogP contribution in [0.15, 0.2) is 5.38 Å². The average Bonchev–Trinajstić information content (AvgIpc) is 3.03. The summed E-state index contributed by atoms with van der Waals surface area (Å²) in [4.78, 5) is 7.16. The molecule has 5 heteroatoms. The number of ether oxygens (including phenoxy) is 1. The Morgan fingerprint density at radius 1 is 1.58 bits per heavy atom. The molecule has 1 aromatic heterocycles. The lowest BCUT2D eigenvalue weighted by Crippen LogP contribution is -2.21. The highest BCUT2D eigenvalue weighted by Gasteiger charge is 2.26. The summed E-state index contributed by atoms with van der Waals surface area (Å²) in [6.07, 6.45) is 1.30. The molecule has 1 unspecified atom stereocenters. The second kappa shape index (κ2) is 7.22. The molecule has 0 bridgehead atoms. The van der Waals surface area contributed by atoms with Crippen molar-refractivity contribution in [2.24, 2.45) is 11.8 Å². The van der Waals surface area contributed by atoms with Crippen molar-refractivity contribution in [1.82, 2.24) is 10.3 Å². The molecule has 2 rings (SSSR count). The Balaban J connectivity index is 1.81. The van der Waals surface area contributed by atoms with Gasteiger partial charge in [0, 0.05) is 38.7 Å². The van der Waals surface area contributed by atoms with Crippen molar-refractivity contribution in [3.8, 4) is 0 Å². The third kappa shape index (κ3) is 4.16. The van der Waals surface area contributed by atoms with E-state index in [2.05, 4.69) is 29.4 Å². The van der Waals surface area contributed by atoms with Gasteiger partial charge in [0.05, 0.1) is 12.3 Å². The minimum absolute atomic E-state index is 0.749. The molecule has 2 heterocycles. The molecule has 19 heavy (non-hydrogen) atoms. The second-order valence-electron chi connectivity index (χ2n) is 5.53. The first kappa shape index (κ1) is 14.8. The summed E-state index contributed by atoms with van der Waals surface area (Å²) in [5, 5.41) is 6.69. The summed E-state index contributed by atoms with van der Waals surface area (Å²) in [6.45, 7) is 9.43. The zero-order chi connectivity index (χ0) is 13.7. The Hall–Kier alpha value is -0.650. The molecule has 1 atom stereocenters. The van der Waals surface area contributed by atoms with Gasteiger partial charge in [0.1, 0.15) is 0 Å². The van der Waals surface area contributed by atoms with Gasteiger partial charge in [-0.15, -0.1) is 11.3 Å². The fraction of sp³-hybridized carbons (Fsp3) is 0.786. The third-order valence-electron chi connectivity index (χ3n) is 3.77. The van der Waals surface area contributed by atoms with Crippen LogP contribution in [0.1, 0.15) is 26.0 Å². The van der Waals surface area contributed by atoms with Crippen LogP contribution in [0.4, 0.5) is 5.13 Å². The Morgan fingerprint density at radius 2 is 2.42 bits per heavy atom. The van der Waals surface area contributed by atoms with Gasteiger partial charge in [0.15, 0.2) is 5.13 Å². The third-order valence-corrected chi connectivity index (χ3v) is 4.72. The van der Waals surface area contributed by atoms with E-state index in [1.807, 2.05) is 0 Å². The summed E-state index contributed by atoms with van der Waals surface area (Å²) in [5.41, 5.74) is 1.14. The van der Waals surface area contributed by atoms with Crippen LogP contribution in [-0.4, -0.2) is 38.3 Å². The van der Waals surface area contributed by atoms with Crippen LogP contribution in [0, 0.1) is 11.8 Å². The molecule has 0 spiro atoms. The molecule has 1 saturated heterocycles. The summed E-state index contributed by atoms with van der Waals surface area (Å²) >= 11 is 1.77. The number of hydrogen-bond donors (Lipinski definition) is 1. The smallest absolute Gasteiger partial charge is 0.185 e. The minimum Gasteiger partial charge on any atom is -0.383 e. The lowest BCUT2D eigenvalue weighted by molar-refractivity contribution is 0.199. The van der Waals surface area contributed by atoms with Gasteiger partial charge in [-0.05, 0) is 18.3 Å².